The Balaban J connectivity index is 5.22. The van der Waals surface area contributed by atoms with E-state index in [1.807, 2.05) is 5.32 Å². The number of carboxylic acid groups (broad SMARTS) is 1. The zero-order valence-electron chi connectivity index (χ0n) is 16.8. The van der Waals surface area contributed by atoms with E-state index >= 15 is 0 Å². The lowest BCUT2D eigenvalue weighted by atomic mass is 10.1. The molecule has 0 aromatic carbocycles. The molecular formula is C16H28N6O8S. The first-order valence-corrected chi connectivity index (χ1v) is 10.4. The molecule has 14 nitrogen and oxygen atoms in total. The standard InChI is InChI=1S/C16H28N6O8S/c1-31-3-2-8(20-13(26)7(17)4-11(18)24)14(27)22-10(6-23)15(28)21-9(16(29)30)5-12(19)25/h7-10,23H,2-6,17H2,1H3,(H2,18,24)(H2,19,25)(H,20,26)(H,21,28)(H,22,27)(H,29,30). The SMILES string of the molecule is CSCCC(NC(=O)C(N)CC(N)=O)C(=O)NC(CO)C(=O)NC(CC(N)=O)C(=O)O. The maximum absolute atomic E-state index is 12.6. The van der Waals surface area contributed by atoms with Crippen molar-refractivity contribution in [3.63, 3.8) is 0 Å². The number of aliphatic hydroxyl groups is 1. The largest absolute Gasteiger partial charge is 0.480 e. The molecule has 0 aliphatic carbocycles. The van der Waals surface area contributed by atoms with Gasteiger partial charge in [-0.2, -0.15) is 11.8 Å². The molecule has 4 atom stereocenters. The van der Waals surface area contributed by atoms with Gasteiger partial charge in [0.2, 0.25) is 29.5 Å². The predicted octanol–water partition coefficient (Wildman–Crippen LogP) is -4.65. The van der Waals surface area contributed by atoms with Crippen molar-refractivity contribution < 1.29 is 39.0 Å². The molecule has 0 fully saturated rings. The van der Waals surface area contributed by atoms with Crippen molar-refractivity contribution in [3.05, 3.63) is 0 Å². The molecule has 0 aliphatic heterocycles. The monoisotopic (exact) mass is 464 g/mol. The summed E-state index contributed by atoms with van der Waals surface area (Å²) >= 11 is 1.37. The van der Waals surface area contributed by atoms with Crippen LogP contribution in [0.25, 0.3) is 0 Å². The van der Waals surface area contributed by atoms with Gasteiger partial charge in [-0.1, -0.05) is 0 Å². The molecule has 0 spiro atoms. The number of aliphatic carboxylic acids is 1. The normalized spacial score (nSPS) is 14.4. The number of nitrogens with two attached hydrogens (primary N) is 3. The highest BCUT2D eigenvalue weighted by Crippen LogP contribution is 2.03. The number of nitrogens with one attached hydrogen (secondary N) is 3. The fourth-order valence-corrected chi connectivity index (χ4v) is 2.70. The van der Waals surface area contributed by atoms with Gasteiger partial charge in [0.25, 0.3) is 0 Å². The Labute approximate surface area is 182 Å². The maximum Gasteiger partial charge on any atom is 0.326 e. The molecule has 0 rings (SSSR count). The van der Waals surface area contributed by atoms with E-state index < -0.39 is 79.1 Å². The first-order chi connectivity index (χ1) is 14.4. The molecule has 0 heterocycles. The van der Waals surface area contributed by atoms with Gasteiger partial charge in [0, 0.05) is 0 Å². The van der Waals surface area contributed by atoms with Gasteiger partial charge in [0.1, 0.15) is 18.1 Å². The number of hydrogen-bond acceptors (Lipinski definition) is 9. The molecule has 15 heteroatoms. The van der Waals surface area contributed by atoms with Gasteiger partial charge in [-0.15, -0.1) is 0 Å². The molecule has 176 valence electrons. The second-order valence-corrected chi connectivity index (χ2v) is 7.42. The molecule has 0 bridgehead atoms. The van der Waals surface area contributed by atoms with Gasteiger partial charge in [0.15, 0.2) is 0 Å². The summed E-state index contributed by atoms with van der Waals surface area (Å²) in [5.74, 6) is -5.66. The number of rotatable bonds is 15. The zero-order chi connectivity index (χ0) is 24.1. The third-order valence-electron chi connectivity index (χ3n) is 3.84. The van der Waals surface area contributed by atoms with E-state index in [1.54, 1.807) is 6.26 Å². The molecule has 0 saturated heterocycles. The third kappa shape index (κ3) is 11.2. The van der Waals surface area contributed by atoms with Crippen LogP contribution < -0.4 is 33.2 Å². The topological polar surface area (TPSA) is 257 Å². The highest BCUT2D eigenvalue weighted by molar-refractivity contribution is 7.98. The van der Waals surface area contributed by atoms with E-state index in [0.717, 1.165) is 0 Å². The third-order valence-corrected chi connectivity index (χ3v) is 4.48. The van der Waals surface area contributed by atoms with Crippen molar-refractivity contribution in [2.75, 3.05) is 18.6 Å². The summed E-state index contributed by atoms with van der Waals surface area (Å²) in [4.78, 5) is 69.8. The molecule has 11 N–H and O–H groups in total. The number of carboxylic acids is 1. The smallest absolute Gasteiger partial charge is 0.326 e. The lowest BCUT2D eigenvalue weighted by Gasteiger charge is -2.24. The van der Waals surface area contributed by atoms with Crippen LogP contribution in [0.2, 0.25) is 0 Å². The maximum atomic E-state index is 12.6. The van der Waals surface area contributed by atoms with Crippen LogP contribution in [0.4, 0.5) is 0 Å². The van der Waals surface area contributed by atoms with Crippen LogP contribution in [0.3, 0.4) is 0 Å². The van der Waals surface area contributed by atoms with Crippen LogP contribution in [0.1, 0.15) is 19.3 Å². The Morgan fingerprint density at radius 3 is 1.77 bits per heavy atom. The quantitative estimate of drug-likeness (QED) is 0.115. The minimum atomic E-state index is -1.66. The molecule has 0 aliphatic rings. The van der Waals surface area contributed by atoms with Gasteiger partial charge in [0.05, 0.1) is 25.5 Å². The molecule has 0 aromatic rings. The van der Waals surface area contributed by atoms with Crippen molar-refractivity contribution in [2.45, 2.75) is 43.4 Å². The van der Waals surface area contributed by atoms with Crippen molar-refractivity contribution in [1.82, 2.24) is 16.0 Å². The van der Waals surface area contributed by atoms with E-state index in [-0.39, 0.29) is 6.42 Å². The lowest BCUT2D eigenvalue weighted by Crippen LogP contribution is -2.58. The minimum absolute atomic E-state index is 0.126. The number of primary amides is 2. The predicted molar refractivity (Wildman–Crippen MR) is 109 cm³/mol. The number of amides is 5. The van der Waals surface area contributed by atoms with Crippen LogP contribution >= 0.6 is 11.8 Å². The Kier molecular flexibility index (Phi) is 12.8. The van der Waals surface area contributed by atoms with Crippen molar-refractivity contribution in [3.8, 4) is 0 Å². The van der Waals surface area contributed by atoms with Gasteiger partial charge in [-0.25, -0.2) is 4.79 Å². The number of carbonyl (C=O) groups is 6. The fraction of sp³-hybridized carbons (Fsp3) is 0.625. The molecule has 0 aromatic heterocycles. The number of aliphatic hydroxyl groups excluding tert-OH is 1. The van der Waals surface area contributed by atoms with E-state index in [1.165, 1.54) is 11.8 Å². The highest BCUT2D eigenvalue weighted by atomic mass is 32.2. The minimum Gasteiger partial charge on any atom is -0.480 e. The fourth-order valence-electron chi connectivity index (χ4n) is 2.23. The van der Waals surface area contributed by atoms with Crippen LogP contribution in [-0.2, 0) is 28.8 Å². The van der Waals surface area contributed by atoms with E-state index in [2.05, 4.69) is 10.6 Å². The highest BCUT2D eigenvalue weighted by Gasteiger charge is 2.30. The summed E-state index contributed by atoms with van der Waals surface area (Å²) < 4.78 is 0. The summed E-state index contributed by atoms with van der Waals surface area (Å²) in [6, 6.07) is -5.68. The van der Waals surface area contributed by atoms with Crippen LogP contribution in [0, 0.1) is 0 Å². The van der Waals surface area contributed by atoms with Crippen LogP contribution in [-0.4, -0.2) is 88.5 Å². The molecule has 4 unspecified atom stereocenters. The summed E-state index contributed by atoms with van der Waals surface area (Å²) in [5, 5.41) is 25.0. The van der Waals surface area contributed by atoms with E-state index in [0.29, 0.717) is 5.75 Å². The molecule has 0 radical (unpaired) electrons. The average molecular weight is 465 g/mol. The molecular weight excluding hydrogens is 436 g/mol. The number of thioether (sulfide) groups is 1. The Bertz CT molecular complexity index is 691. The summed E-state index contributed by atoms with van der Waals surface area (Å²) in [6.45, 7) is -0.898. The summed E-state index contributed by atoms with van der Waals surface area (Å²) in [7, 11) is 0. The molecule has 31 heavy (non-hydrogen) atoms. The second kappa shape index (κ2) is 14.2. The zero-order valence-corrected chi connectivity index (χ0v) is 17.6. The van der Waals surface area contributed by atoms with Gasteiger partial charge in [-0.05, 0) is 18.4 Å². The van der Waals surface area contributed by atoms with Gasteiger partial charge < -0.3 is 43.4 Å². The van der Waals surface area contributed by atoms with Crippen molar-refractivity contribution in [1.29, 1.82) is 0 Å². The summed E-state index contributed by atoms with van der Waals surface area (Å²) in [6.07, 6.45) is 0.740. The van der Waals surface area contributed by atoms with Crippen molar-refractivity contribution >= 4 is 47.3 Å². The van der Waals surface area contributed by atoms with E-state index in [9.17, 15) is 33.9 Å². The Morgan fingerprint density at radius 1 is 0.839 bits per heavy atom. The molecule has 5 amide bonds. The summed E-state index contributed by atoms with van der Waals surface area (Å²) in [5.41, 5.74) is 15.5. The Hall–Kier alpha value is -2.91. The van der Waals surface area contributed by atoms with Crippen LogP contribution in [0.15, 0.2) is 0 Å². The lowest BCUT2D eigenvalue weighted by molar-refractivity contribution is -0.144. The first kappa shape index (κ1) is 28.1. The Morgan fingerprint density at radius 2 is 1.32 bits per heavy atom. The first-order valence-electron chi connectivity index (χ1n) is 8.98. The van der Waals surface area contributed by atoms with Gasteiger partial charge >= 0.3 is 5.97 Å². The molecule has 0 saturated carbocycles. The average Bonchev–Trinajstić information content (AvgIpc) is 2.67. The van der Waals surface area contributed by atoms with Gasteiger partial charge in [-0.3, -0.25) is 24.0 Å². The van der Waals surface area contributed by atoms with Crippen LogP contribution in [0.5, 0.6) is 0 Å². The van der Waals surface area contributed by atoms with Crippen molar-refractivity contribution in [2.24, 2.45) is 17.2 Å². The second-order valence-electron chi connectivity index (χ2n) is 6.43. The number of hydrogen-bond donors (Lipinski definition) is 8. The number of carbonyl (C=O) groups excluding carboxylic acids is 5. The van der Waals surface area contributed by atoms with E-state index in [4.69, 9.17) is 22.3 Å².